The Labute approximate surface area is 127 Å². The third-order valence-electron chi connectivity index (χ3n) is 3.76. The van der Waals surface area contributed by atoms with Crippen LogP contribution in [0.25, 0.3) is 0 Å². The number of nitrogens with zero attached hydrogens (tertiary/aromatic N) is 1. The van der Waals surface area contributed by atoms with Crippen LogP contribution >= 0.6 is 0 Å². The molecule has 0 saturated carbocycles. The standard InChI is InChI=1S/C17H26N2O2/c1-3-12-21-16-6-4-14(2)13-15(16)5-7-17(20)19-10-8-18-9-11-19/h4,6,13,18H,3,5,7-12H2,1-2H3. The third kappa shape index (κ3) is 4.74. The van der Waals surface area contributed by atoms with Crippen molar-refractivity contribution in [3.8, 4) is 5.75 Å². The fourth-order valence-electron chi connectivity index (χ4n) is 2.57. The second kappa shape index (κ2) is 8.03. The van der Waals surface area contributed by atoms with Crippen LogP contribution in [0.4, 0.5) is 0 Å². The van der Waals surface area contributed by atoms with E-state index < -0.39 is 0 Å². The minimum Gasteiger partial charge on any atom is -0.493 e. The van der Waals surface area contributed by atoms with Crippen LogP contribution in [0.1, 0.15) is 30.9 Å². The Morgan fingerprint density at radius 2 is 2.10 bits per heavy atom. The van der Waals surface area contributed by atoms with Crippen molar-refractivity contribution in [2.24, 2.45) is 0 Å². The highest BCUT2D eigenvalue weighted by Gasteiger charge is 2.16. The Morgan fingerprint density at radius 1 is 1.33 bits per heavy atom. The van der Waals surface area contributed by atoms with Gasteiger partial charge in [0.25, 0.3) is 0 Å². The van der Waals surface area contributed by atoms with Crippen molar-refractivity contribution in [1.29, 1.82) is 0 Å². The molecule has 1 N–H and O–H groups in total. The number of amides is 1. The smallest absolute Gasteiger partial charge is 0.222 e. The number of nitrogens with one attached hydrogen (secondary N) is 1. The lowest BCUT2D eigenvalue weighted by Crippen LogP contribution is -2.46. The van der Waals surface area contributed by atoms with Gasteiger partial charge in [-0.3, -0.25) is 4.79 Å². The highest BCUT2D eigenvalue weighted by molar-refractivity contribution is 5.76. The molecule has 4 nitrogen and oxygen atoms in total. The summed E-state index contributed by atoms with van der Waals surface area (Å²) in [5.41, 5.74) is 2.36. The number of rotatable bonds is 6. The van der Waals surface area contributed by atoms with Crippen LogP contribution < -0.4 is 10.1 Å². The van der Waals surface area contributed by atoms with E-state index in [1.165, 1.54) is 5.56 Å². The highest BCUT2D eigenvalue weighted by atomic mass is 16.5. The molecule has 0 atom stereocenters. The second-order valence-electron chi connectivity index (χ2n) is 5.59. The number of ether oxygens (including phenoxy) is 1. The van der Waals surface area contributed by atoms with Crippen LogP contribution in [0.2, 0.25) is 0 Å². The first-order chi connectivity index (χ1) is 10.2. The van der Waals surface area contributed by atoms with Crippen molar-refractivity contribution in [3.63, 3.8) is 0 Å². The molecule has 0 aliphatic carbocycles. The van der Waals surface area contributed by atoms with E-state index in [4.69, 9.17) is 4.74 Å². The van der Waals surface area contributed by atoms with Gasteiger partial charge in [-0.05, 0) is 31.4 Å². The molecule has 0 aromatic heterocycles. The van der Waals surface area contributed by atoms with Gasteiger partial charge in [0.05, 0.1) is 6.61 Å². The normalized spacial score (nSPS) is 15.0. The van der Waals surface area contributed by atoms with Crippen LogP contribution in [-0.4, -0.2) is 43.6 Å². The molecule has 0 radical (unpaired) electrons. The molecule has 0 bridgehead atoms. The summed E-state index contributed by atoms with van der Waals surface area (Å²) in [5.74, 6) is 1.18. The number of carbonyl (C=O) groups is 1. The summed E-state index contributed by atoms with van der Waals surface area (Å²) in [6.45, 7) is 8.36. The third-order valence-corrected chi connectivity index (χ3v) is 3.76. The molecule has 1 heterocycles. The summed E-state index contributed by atoms with van der Waals surface area (Å²) in [4.78, 5) is 14.2. The van der Waals surface area contributed by atoms with Crippen LogP contribution in [0, 0.1) is 6.92 Å². The first-order valence-electron chi connectivity index (χ1n) is 7.91. The number of benzene rings is 1. The van der Waals surface area contributed by atoms with E-state index in [0.717, 1.165) is 56.9 Å². The number of piperazine rings is 1. The fraction of sp³-hybridized carbons (Fsp3) is 0.588. The maximum atomic E-state index is 12.2. The van der Waals surface area contributed by atoms with E-state index in [2.05, 4.69) is 31.3 Å². The van der Waals surface area contributed by atoms with Gasteiger partial charge >= 0.3 is 0 Å². The lowest BCUT2D eigenvalue weighted by Gasteiger charge is -2.27. The summed E-state index contributed by atoms with van der Waals surface area (Å²) in [6, 6.07) is 6.22. The first kappa shape index (κ1) is 15.8. The minimum absolute atomic E-state index is 0.249. The fourth-order valence-corrected chi connectivity index (χ4v) is 2.57. The number of hydrogen-bond acceptors (Lipinski definition) is 3. The molecule has 0 unspecified atom stereocenters. The molecule has 21 heavy (non-hydrogen) atoms. The SMILES string of the molecule is CCCOc1ccc(C)cc1CCC(=O)N1CCNCC1. The van der Waals surface area contributed by atoms with Crippen LogP contribution in [0.15, 0.2) is 18.2 Å². The quantitative estimate of drug-likeness (QED) is 0.873. The Hall–Kier alpha value is -1.55. The highest BCUT2D eigenvalue weighted by Crippen LogP contribution is 2.22. The molecule has 1 aliphatic heterocycles. The molecule has 1 saturated heterocycles. The lowest BCUT2D eigenvalue weighted by molar-refractivity contribution is -0.131. The summed E-state index contributed by atoms with van der Waals surface area (Å²) < 4.78 is 5.78. The zero-order chi connectivity index (χ0) is 15.1. The van der Waals surface area contributed by atoms with Gasteiger partial charge in [0.2, 0.25) is 5.91 Å². The van der Waals surface area contributed by atoms with Gasteiger partial charge in [0, 0.05) is 32.6 Å². The van der Waals surface area contributed by atoms with Crippen molar-refractivity contribution < 1.29 is 9.53 Å². The van der Waals surface area contributed by atoms with E-state index in [-0.39, 0.29) is 5.91 Å². The Morgan fingerprint density at radius 3 is 2.81 bits per heavy atom. The van der Waals surface area contributed by atoms with Crippen molar-refractivity contribution >= 4 is 5.91 Å². The molecule has 1 aromatic carbocycles. The van der Waals surface area contributed by atoms with E-state index in [1.807, 2.05) is 11.0 Å². The monoisotopic (exact) mass is 290 g/mol. The zero-order valence-corrected chi connectivity index (χ0v) is 13.2. The van der Waals surface area contributed by atoms with E-state index in [0.29, 0.717) is 6.42 Å². The van der Waals surface area contributed by atoms with E-state index in [1.54, 1.807) is 0 Å². The summed E-state index contributed by atoms with van der Waals surface area (Å²) in [5, 5.41) is 3.27. The summed E-state index contributed by atoms with van der Waals surface area (Å²) >= 11 is 0. The average molecular weight is 290 g/mol. The predicted octanol–water partition coefficient (Wildman–Crippen LogP) is 2.15. The Kier molecular flexibility index (Phi) is 6.05. The van der Waals surface area contributed by atoms with Gasteiger partial charge < -0.3 is 15.0 Å². The summed E-state index contributed by atoms with van der Waals surface area (Å²) in [7, 11) is 0. The van der Waals surface area contributed by atoms with Crippen LogP contribution in [-0.2, 0) is 11.2 Å². The largest absolute Gasteiger partial charge is 0.493 e. The van der Waals surface area contributed by atoms with Gasteiger partial charge in [0.15, 0.2) is 0 Å². The average Bonchev–Trinajstić information content (AvgIpc) is 2.52. The van der Waals surface area contributed by atoms with Gasteiger partial charge in [-0.25, -0.2) is 0 Å². The molecule has 1 aromatic rings. The van der Waals surface area contributed by atoms with Gasteiger partial charge in [-0.15, -0.1) is 0 Å². The maximum Gasteiger partial charge on any atom is 0.222 e. The second-order valence-corrected chi connectivity index (χ2v) is 5.59. The number of carbonyl (C=O) groups excluding carboxylic acids is 1. The Bertz CT molecular complexity index is 468. The van der Waals surface area contributed by atoms with Crippen molar-refractivity contribution in [1.82, 2.24) is 10.2 Å². The number of hydrogen-bond donors (Lipinski definition) is 1. The molecule has 2 rings (SSSR count). The van der Waals surface area contributed by atoms with Crippen molar-refractivity contribution in [2.75, 3.05) is 32.8 Å². The lowest BCUT2D eigenvalue weighted by atomic mass is 10.0. The van der Waals surface area contributed by atoms with Gasteiger partial charge in [-0.2, -0.15) is 0 Å². The van der Waals surface area contributed by atoms with Crippen molar-refractivity contribution in [3.05, 3.63) is 29.3 Å². The molecule has 1 aliphatic rings. The summed E-state index contributed by atoms with van der Waals surface area (Å²) in [6.07, 6.45) is 2.31. The maximum absolute atomic E-state index is 12.2. The van der Waals surface area contributed by atoms with Crippen LogP contribution in [0.3, 0.4) is 0 Å². The van der Waals surface area contributed by atoms with E-state index in [9.17, 15) is 4.79 Å². The molecule has 4 heteroatoms. The predicted molar refractivity (Wildman–Crippen MR) is 84.7 cm³/mol. The first-order valence-corrected chi connectivity index (χ1v) is 7.91. The van der Waals surface area contributed by atoms with E-state index >= 15 is 0 Å². The molecular formula is C17H26N2O2. The molecular weight excluding hydrogens is 264 g/mol. The number of aryl methyl sites for hydroxylation is 2. The zero-order valence-electron chi connectivity index (χ0n) is 13.2. The topological polar surface area (TPSA) is 41.6 Å². The molecule has 0 spiro atoms. The minimum atomic E-state index is 0.249. The molecule has 1 amide bonds. The van der Waals surface area contributed by atoms with Crippen LogP contribution in [0.5, 0.6) is 5.75 Å². The van der Waals surface area contributed by atoms with Crippen molar-refractivity contribution in [2.45, 2.75) is 33.1 Å². The van der Waals surface area contributed by atoms with Gasteiger partial charge in [-0.1, -0.05) is 24.6 Å². The Balaban J connectivity index is 1.94. The van der Waals surface area contributed by atoms with Gasteiger partial charge in [0.1, 0.15) is 5.75 Å². The molecule has 116 valence electrons. The molecule has 1 fully saturated rings.